The van der Waals surface area contributed by atoms with Crippen LogP contribution in [0.3, 0.4) is 0 Å². The first-order chi connectivity index (χ1) is 8.43. The number of furan rings is 1. The van der Waals surface area contributed by atoms with Gasteiger partial charge >= 0.3 is 0 Å². The van der Waals surface area contributed by atoms with Gasteiger partial charge in [-0.05, 0) is 36.6 Å². The van der Waals surface area contributed by atoms with Crippen LogP contribution in [0.4, 0.5) is 0 Å². The van der Waals surface area contributed by atoms with Gasteiger partial charge in [0.25, 0.3) is 0 Å². The highest BCUT2D eigenvalue weighted by molar-refractivity contribution is 5.27. The fourth-order valence-corrected chi connectivity index (χ4v) is 2.44. The number of nitrogens with zero attached hydrogens (tertiary/aromatic N) is 1. The Bertz CT molecular complexity index is 479. The van der Waals surface area contributed by atoms with Crippen molar-refractivity contribution in [3.05, 3.63) is 53.7 Å². The summed E-state index contributed by atoms with van der Waals surface area (Å²) in [6.07, 6.45) is 6.84. The van der Waals surface area contributed by atoms with Gasteiger partial charge in [-0.2, -0.15) is 0 Å². The Hall–Kier alpha value is -1.61. The van der Waals surface area contributed by atoms with Gasteiger partial charge in [-0.3, -0.25) is 4.98 Å². The quantitative estimate of drug-likeness (QED) is 0.873. The Morgan fingerprint density at radius 1 is 1.35 bits per heavy atom. The van der Waals surface area contributed by atoms with E-state index in [-0.39, 0.29) is 0 Å². The Morgan fingerprint density at radius 2 is 2.35 bits per heavy atom. The van der Waals surface area contributed by atoms with Crippen LogP contribution in [0.5, 0.6) is 0 Å². The first-order valence-electron chi connectivity index (χ1n) is 6.13. The van der Waals surface area contributed by atoms with Gasteiger partial charge in [0.15, 0.2) is 0 Å². The van der Waals surface area contributed by atoms with E-state index in [1.165, 1.54) is 11.3 Å². The lowest BCUT2D eigenvalue weighted by Crippen LogP contribution is -2.22. The van der Waals surface area contributed by atoms with E-state index in [0.717, 1.165) is 31.6 Å². The molecule has 1 unspecified atom stereocenters. The zero-order valence-electron chi connectivity index (χ0n) is 9.73. The molecule has 0 radical (unpaired) electrons. The van der Waals surface area contributed by atoms with E-state index in [1.807, 2.05) is 24.4 Å². The van der Waals surface area contributed by atoms with Crippen LogP contribution in [0.25, 0.3) is 0 Å². The first kappa shape index (κ1) is 10.5. The van der Waals surface area contributed by atoms with Crippen molar-refractivity contribution in [1.82, 2.24) is 10.3 Å². The van der Waals surface area contributed by atoms with Gasteiger partial charge in [0.2, 0.25) is 0 Å². The summed E-state index contributed by atoms with van der Waals surface area (Å²) < 4.78 is 5.31. The van der Waals surface area contributed by atoms with Gasteiger partial charge in [0.1, 0.15) is 5.76 Å². The summed E-state index contributed by atoms with van der Waals surface area (Å²) in [7, 11) is 0. The summed E-state index contributed by atoms with van der Waals surface area (Å²) in [6, 6.07) is 8.56. The number of nitrogens with one attached hydrogen (secondary N) is 1. The van der Waals surface area contributed by atoms with Crippen LogP contribution in [0.15, 0.2) is 41.1 Å². The maximum atomic E-state index is 5.31. The van der Waals surface area contributed by atoms with E-state index in [2.05, 4.69) is 16.4 Å². The molecule has 0 aliphatic heterocycles. The molecule has 2 aromatic rings. The summed E-state index contributed by atoms with van der Waals surface area (Å²) in [5, 5.41) is 3.55. The number of aryl methyl sites for hydroxylation is 1. The summed E-state index contributed by atoms with van der Waals surface area (Å²) in [6.45, 7) is 0.939. The number of hydrogen-bond acceptors (Lipinski definition) is 3. The highest BCUT2D eigenvalue weighted by atomic mass is 16.3. The topological polar surface area (TPSA) is 38.1 Å². The van der Waals surface area contributed by atoms with E-state index in [4.69, 9.17) is 4.42 Å². The number of aromatic nitrogens is 1. The van der Waals surface area contributed by atoms with Crippen molar-refractivity contribution in [2.24, 2.45) is 0 Å². The third-order valence-electron chi connectivity index (χ3n) is 3.30. The molecular weight excluding hydrogens is 212 g/mol. The fraction of sp³-hybridized carbons (Fsp3) is 0.357. The minimum absolute atomic E-state index is 0.418. The standard InChI is InChI=1S/C14H16N2O/c1-3-11-5-6-13(14(11)16-8-1)15-9-7-12-4-2-10-17-12/h1-4,8,10,13,15H,5-7,9H2. The first-order valence-corrected chi connectivity index (χ1v) is 6.13. The number of rotatable bonds is 4. The number of pyridine rings is 1. The Balaban J connectivity index is 1.57. The zero-order valence-corrected chi connectivity index (χ0v) is 9.73. The fourth-order valence-electron chi connectivity index (χ4n) is 2.44. The van der Waals surface area contributed by atoms with Gasteiger partial charge in [-0.1, -0.05) is 6.07 Å². The normalized spacial score (nSPS) is 18.2. The molecule has 3 heteroatoms. The minimum Gasteiger partial charge on any atom is -0.469 e. The third kappa shape index (κ3) is 2.24. The molecule has 0 fully saturated rings. The molecule has 3 nitrogen and oxygen atoms in total. The summed E-state index contributed by atoms with van der Waals surface area (Å²) in [5.74, 6) is 1.04. The zero-order chi connectivity index (χ0) is 11.5. The lowest BCUT2D eigenvalue weighted by atomic mass is 10.2. The van der Waals surface area contributed by atoms with Gasteiger partial charge in [-0.15, -0.1) is 0 Å². The van der Waals surface area contributed by atoms with Gasteiger partial charge in [0, 0.05) is 19.2 Å². The summed E-state index contributed by atoms with van der Waals surface area (Å²) in [4.78, 5) is 4.47. The molecule has 1 N–H and O–H groups in total. The molecule has 0 amide bonds. The highest BCUT2D eigenvalue weighted by Crippen LogP contribution is 2.28. The Kier molecular flexibility index (Phi) is 2.92. The second-order valence-electron chi connectivity index (χ2n) is 4.42. The number of hydrogen-bond donors (Lipinski definition) is 1. The average molecular weight is 228 g/mol. The molecule has 2 heterocycles. The van der Waals surface area contributed by atoms with Crippen molar-refractivity contribution < 1.29 is 4.42 Å². The van der Waals surface area contributed by atoms with E-state index in [0.29, 0.717) is 6.04 Å². The molecular formula is C14H16N2O. The second-order valence-corrected chi connectivity index (χ2v) is 4.42. The molecule has 0 bridgehead atoms. The van der Waals surface area contributed by atoms with Gasteiger partial charge < -0.3 is 9.73 Å². The molecule has 0 saturated carbocycles. The highest BCUT2D eigenvalue weighted by Gasteiger charge is 2.22. The predicted octanol–water partition coefficient (Wildman–Crippen LogP) is 2.49. The van der Waals surface area contributed by atoms with E-state index in [9.17, 15) is 0 Å². The lowest BCUT2D eigenvalue weighted by molar-refractivity contribution is 0.473. The van der Waals surface area contributed by atoms with Crippen molar-refractivity contribution >= 4 is 0 Å². The van der Waals surface area contributed by atoms with E-state index >= 15 is 0 Å². The van der Waals surface area contributed by atoms with Gasteiger partial charge in [-0.25, -0.2) is 0 Å². The maximum absolute atomic E-state index is 5.31. The van der Waals surface area contributed by atoms with Crippen LogP contribution in [-0.4, -0.2) is 11.5 Å². The summed E-state index contributed by atoms with van der Waals surface area (Å²) in [5.41, 5.74) is 2.62. The molecule has 0 aromatic carbocycles. The molecule has 0 saturated heterocycles. The largest absolute Gasteiger partial charge is 0.469 e. The van der Waals surface area contributed by atoms with Crippen molar-refractivity contribution in [1.29, 1.82) is 0 Å². The molecule has 88 valence electrons. The van der Waals surface area contributed by atoms with Crippen molar-refractivity contribution in [2.45, 2.75) is 25.3 Å². The van der Waals surface area contributed by atoms with E-state index in [1.54, 1.807) is 6.26 Å². The number of fused-ring (bicyclic) bond motifs is 1. The monoisotopic (exact) mass is 228 g/mol. The SMILES string of the molecule is c1coc(CCNC2CCc3cccnc32)c1. The van der Waals surface area contributed by atoms with Crippen LogP contribution < -0.4 is 5.32 Å². The van der Waals surface area contributed by atoms with Gasteiger partial charge in [0.05, 0.1) is 18.0 Å². The van der Waals surface area contributed by atoms with Crippen LogP contribution in [0.1, 0.15) is 29.5 Å². The van der Waals surface area contributed by atoms with Crippen molar-refractivity contribution in [2.75, 3.05) is 6.54 Å². The van der Waals surface area contributed by atoms with Crippen LogP contribution in [0, 0.1) is 0 Å². The summed E-state index contributed by atoms with van der Waals surface area (Å²) >= 11 is 0. The van der Waals surface area contributed by atoms with E-state index < -0.39 is 0 Å². The van der Waals surface area contributed by atoms with Crippen LogP contribution in [0.2, 0.25) is 0 Å². The van der Waals surface area contributed by atoms with Crippen molar-refractivity contribution in [3.8, 4) is 0 Å². The second kappa shape index (κ2) is 4.72. The Labute approximate surface area is 101 Å². The minimum atomic E-state index is 0.418. The molecule has 3 rings (SSSR count). The lowest BCUT2D eigenvalue weighted by Gasteiger charge is -2.12. The molecule has 17 heavy (non-hydrogen) atoms. The molecule has 1 atom stereocenters. The third-order valence-corrected chi connectivity index (χ3v) is 3.30. The molecule has 2 aromatic heterocycles. The van der Waals surface area contributed by atoms with Crippen LogP contribution >= 0.6 is 0 Å². The molecule has 0 spiro atoms. The Morgan fingerprint density at radius 3 is 3.24 bits per heavy atom. The molecule has 1 aliphatic carbocycles. The van der Waals surface area contributed by atoms with Crippen LogP contribution in [-0.2, 0) is 12.8 Å². The van der Waals surface area contributed by atoms with Crippen molar-refractivity contribution in [3.63, 3.8) is 0 Å². The smallest absolute Gasteiger partial charge is 0.105 e. The predicted molar refractivity (Wildman–Crippen MR) is 65.7 cm³/mol. The maximum Gasteiger partial charge on any atom is 0.105 e. The average Bonchev–Trinajstić information content (AvgIpc) is 2.99. The molecule has 1 aliphatic rings.